The van der Waals surface area contributed by atoms with Crippen molar-refractivity contribution in [3.05, 3.63) is 58.3 Å². The fourth-order valence-corrected chi connectivity index (χ4v) is 5.67. The summed E-state index contributed by atoms with van der Waals surface area (Å²) in [5.41, 5.74) is 1.89. The fourth-order valence-electron chi connectivity index (χ4n) is 5.08. The van der Waals surface area contributed by atoms with Crippen LogP contribution in [0.2, 0.25) is 0 Å². The molecule has 6 rings (SSSR count). The van der Waals surface area contributed by atoms with Crippen LogP contribution in [0.15, 0.2) is 36.0 Å². The molecule has 0 aliphatic heterocycles. The Balaban J connectivity index is 1.29. The van der Waals surface area contributed by atoms with Crippen LogP contribution in [0.25, 0.3) is 33.3 Å². The highest BCUT2D eigenvalue weighted by atomic mass is 32.1. The molecular weight excluding hydrogens is 496 g/mol. The minimum atomic E-state index is -0.664. The summed E-state index contributed by atoms with van der Waals surface area (Å²) >= 11 is 1.46. The Morgan fingerprint density at radius 2 is 2.00 bits per heavy atom. The summed E-state index contributed by atoms with van der Waals surface area (Å²) in [7, 11) is 1.89. The quantitative estimate of drug-likeness (QED) is 0.291. The van der Waals surface area contributed by atoms with Crippen LogP contribution in [-0.4, -0.2) is 42.5 Å². The highest BCUT2D eigenvalue weighted by Crippen LogP contribution is 2.33. The molecule has 3 N–H and O–H groups in total. The van der Waals surface area contributed by atoms with Gasteiger partial charge in [0.05, 0.1) is 15.9 Å². The molecule has 190 valence electrons. The number of aromatic amines is 1. The third-order valence-electron chi connectivity index (χ3n) is 6.87. The SMILES string of the molecule is Cc1nc(C(=O)N[C@H]2CCC[C@@H](Nc3nc(-c4c[nH]c5c(F)cc(F)cc45)nc4c3ccn4C)C2)cs1. The number of carbonyl (C=O) groups is 1. The average molecular weight is 522 g/mol. The summed E-state index contributed by atoms with van der Waals surface area (Å²) in [5.74, 6) is -0.454. The molecule has 0 spiro atoms. The zero-order valence-corrected chi connectivity index (χ0v) is 21.1. The number of hydrogen-bond acceptors (Lipinski definition) is 6. The predicted octanol–water partition coefficient (Wildman–Crippen LogP) is 5.31. The first-order chi connectivity index (χ1) is 17.9. The molecule has 1 fully saturated rings. The largest absolute Gasteiger partial charge is 0.367 e. The van der Waals surface area contributed by atoms with Gasteiger partial charge in [-0.3, -0.25) is 4.79 Å². The van der Waals surface area contributed by atoms with Gasteiger partial charge in [0, 0.05) is 53.9 Å². The van der Waals surface area contributed by atoms with E-state index in [1.54, 1.807) is 11.6 Å². The number of aromatic nitrogens is 5. The molecule has 1 saturated carbocycles. The maximum absolute atomic E-state index is 14.3. The van der Waals surface area contributed by atoms with Crippen LogP contribution in [0.4, 0.5) is 14.6 Å². The lowest BCUT2D eigenvalue weighted by Gasteiger charge is -2.30. The van der Waals surface area contributed by atoms with Crippen molar-refractivity contribution in [1.82, 2.24) is 29.8 Å². The van der Waals surface area contributed by atoms with E-state index in [9.17, 15) is 13.6 Å². The van der Waals surface area contributed by atoms with Crippen molar-refractivity contribution in [2.75, 3.05) is 5.32 Å². The van der Waals surface area contributed by atoms with Gasteiger partial charge in [-0.2, -0.15) is 0 Å². The van der Waals surface area contributed by atoms with Gasteiger partial charge in [-0.1, -0.05) is 0 Å². The summed E-state index contributed by atoms with van der Waals surface area (Å²) in [6.07, 6.45) is 7.03. The van der Waals surface area contributed by atoms with Crippen molar-refractivity contribution >= 4 is 45.0 Å². The van der Waals surface area contributed by atoms with E-state index < -0.39 is 11.6 Å². The van der Waals surface area contributed by atoms with Crippen molar-refractivity contribution in [3.63, 3.8) is 0 Å². The molecule has 5 aromatic rings. The molecular formula is C26H25F2N7OS. The second-order valence-corrected chi connectivity index (χ2v) is 10.6. The monoisotopic (exact) mass is 521 g/mol. The van der Waals surface area contributed by atoms with Crippen molar-refractivity contribution in [2.45, 2.75) is 44.7 Å². The van der Waals surface area contributed by atoms with Gasteiger partial charge in [0.25, 0.3) is 5.91 Å². The van der Waals surface area contributed by atoms with Gasteiger partial charge in [-0.15, -0.1) is 11.3 Å². The molecule has 0 unspecified atom stereocenters. The van der Waals surface area contributed by atoms with Crippen LogP contribution in [0.1, 0.15) is 41.2 Å². The van der Waals surface area contributed by atoms with Crippen molar-refractivity contribution in [3.8, 4) is 11.4 Å². The number of amides is 1. The molecule has 11 heteroatoms. The molecule has 4 heterocycles. The number of thiazole rings is 1. The number of nitrogens with zero attached hydrogens (tertiary/aromatic N) is 4. The minimum Gasteiger partial charge on any atom is -0.367 e. The Labute approximate surface area is 215 Å². The molecule has 1 aliphatic carbocycles. The Kier molecular flexibility index (Phi) is 5.86. The summed E-state index contributed by atoms with van der Waals surface area (Å²) in [5, 5.41) is 10.6. The smallest absolute Gasteiger partial charge is 0.270 e. The summed E-state index contributed by atoms with van der Waals surface area (Å²) in [6.45, 7) is 1.88. The molecule has 4 aromatic heterocycles. The first kappa shape index (κ1) is 23.5. The second kappa shape index (κ2) is 9.22. The Hall–Kier alpha value is -3.86. The lowest BCUT2D eigenvalue weighted by molar-refractivity contribution is 0.0922. The molecule has 0 radical (unpaired) electrons. The fraction of sp³-hybridized carbons (Fsp3) is 0.308. The lowest BCUT2D eigenvalue weighted by Crippen LogP contribution is -2.42. The molecule has 1 aromatic carbocycles. The Morgan fingerprint density at radius 1 is 1.16 bits per heavy atom. The van der Waals surface area contributed by atoms with Crippen molar-refractivity contribution in [1.29, 1.82) is 0 Å². The number of hydrogen-bond donors (Lipinski definition) is 3. The topological polar surface area (TPSA) is 101 Å². The van der Waals surface area contributed by atoms with E-state index in [0.717, 1.165) is 42.1 Å². The van der Waals surface area contributed by atoms with E-state index in [-0.39, 0.29) is 23.5 Å². The molecule has 8 nitrogen and oxygen atoms in total. The lowest BCUT2D eigenvalue weighted by atomic mass is 9.90. The van der Waals surface area contributed by atoms with Gasteiger partial charge in [-0.25, -0.2) is 23.7 Å². The molecule has 0 bridgehead atoms. The third kappa shape index (κ3) is 4.43. The van der Waals surface area contributed by atoms with E-state index in [2.05, 4.69) is 20.6 Å². The minimum absolute atomic E-state index is 0.0212. The number of benzene rings is 1. The van der Waals surface area contributed by atoms with Gasteiger partial charge in [0.1, 0.15) is 28.8 Å². The first-order valence-corrected chi connectivity index (χ1v) is 13.0. The van der Waals surface area contributed by atoms with Gasteiger partial charge in [-0.05, 0) is 44.7 Å². The van der Waals surface area contributed by atoms with Gasteiger partial charge < -0.3 is 20.2 Å². The second-order valence-electron chi connectivity index (χ2n) is 9.50. The highest BCUT2D eigenvalue weighted by molar-refractivity contribution is 7.09. The molecule has 0 saturated heterocycles. The van der Waals surface area contributed by atoms with E-state index in [0.29, 0.717) is 33.9 Å². The number of aryl methyl sites for hydroxylation is 2. The maximum Gasteiger partial charge on any atom is 0.270 e. The zero-order valence-electron chi connectivity index (χ0n) is 20.3. The molecule has 2 atom stereocenters. The van der Waals surface area contributed by atoms with Crippen LogP contribution >= 0.6 is 11.3 Å². The van der Waals surface area contributed by atoms with E-state index in [4.69, 9.17) is 9.97 Å². The van der Waals surface area contributed by atoms with Gasteiger partial charge in [0.2, 0.25) is 0 Å². The predicted molar refractivity (Wildman–Crippen MR) is 140 cm³/mol. The maximum atomic E-state index is 14.3. The van der Waals surface area contributed by atoms with Crippen LogP contribution in [0, 0.1) is 18.6 Å². The number of carbonyl (C=O) groups excluding carboxylic acids is 1. The summed E-state index contributed by atoms with van der Waals surface area (Å²) in [6, 6.07) is 4.19. The highest BCUT2D eigenvalue weighted by Gasteiger charge is 2.26. The molecule has 1 amide bonds. The van der Waals surface area contributed by atoms with Gasteiger partial charge >= 0.3 is 0 Å². The Morgan fingerprint density at radius 3 is 2.81 bits per heavy atom. The third-order valence-corrected chi connectivity index (χ3v) is 7.65. The number of halogens is 2. The average Bonchev–Trinajstić information content (AvgIpc) is 3.58. The van der Waals surface area contributed by atoms with Gasteiger partial charge in [0.15, 0.2) is 5.82 Å². The van der Waals surface area contributed by atoms with Crippen LogP contribution in [0.5, 0.6) is 0 Å². The van der Waals surface area contributed by atoms with Crippen LogP contribution in [-0.2, 0) is 7.05 Å². The van der Waals surface area contributed by atoms with Crippen molar-refractivity contribution < 1.29 is 13.6 Å². The Bertz CT molecular complexity index is 1640. The molecule has 1 aliphatic rings. The number of nitrogens with one attached hydrogen (secondary N) is 3. The summed E-state index contributed by atoms with van der Waals surface area (Å²) < 4.78 is 30.2. The number of anilines is 1. The van der Waals surface area contributed by atoms with Crippen LogP contribution in [0.3, 0.4) is 0 Å². The number of H-pyrrole nitrogens is 1. The van der Waals surface area contributed by atoms with E-state index >= 15 is 0 Å². The first-order valence-electron chi connectivity index (χ1n) is 12.1. The van der Waals surface area contributed by atoms with Crippen molar-refractivity contribution in [2.24, 2.45) is 7.05 Å². The van der Waals surface area contributed by atoms with Crippen LogP contribution < -0.4 is 10.6 Å². The zero-order chi connectivity index (χ0) is 25.7. The van der Waals surface area contributed by atoms with E-state index in [1.807, 2.05) is 30.8 Å². The normalized spacial score (nSPS) is 17.9. The number of fused-ring (bicyclic) bond motifs is 2. The number of rotatable bonds is 5. The summed E-state index contributed by atoms with van der Waals surface area (Å²) in [4.78, 5) is 29.3. The van der Waals surface area contributed by atoms with E-state index in [1.165, 1.54) is 17.4 Å². The standard InChI is InChI=1S/C26H25F2N7OS/c1-13-30-21(12-37-13)26(36)32-16-5-3-4-15(10-16)31-23-17-6-7-35(2)25(17)34-24(33-23)19-11-29-22-18(19)8-14(27)9-20(22)28/h6-9,11-12,15-16,29H,3-5,10H2,1-2H3,(H,32,36)(H,31,33,34)/t15-,16+/m1/s1. The molecule has 37 heavy (non-hydrogen) atoms.